The van der Waals surface area contributed by atoms with Crippen molar-refractivity contribution in [3.63, 3.8) is 0 Å². The molecule has 3 nitrogen and oxygen atoms in total. The molecule has 0 aliphatic heterocycles. The van der Waals surface area contributed by atoms with Crippen LogP contribution in [0.25, 0.3) is 0 Å². The Kier molecular flexibility index (Phi) is 5.30. The summed E-state index contributed by atoms with van der Waals surface area (Å²) in [5.74, 6) is 1.74. The van der Waals surface area contributed by atoms with Crippen LogP contribution in [0.2, 0.25) is 0 Å². The first kappa shape index (κ1) is 14.7. The second kappa shape index (κ2) is 7.20. The minimum atomic E-state index is 0.669. The van der Waals surface area contributed by atoms with Crippen LogP contribution < -0.4 is 14.8 Å². The van der Waals surface area contributed by atoms with Crippen molar-refractivity contribution in [2.75, 3.05) is 19.0 Å². The smallest absolute Gasteiger partial charge is 0.133 e. The summed E-state index contributed by atoms with van der Waals surface area (Å²) in [6.07, 6.45) is 0. The van der Waals surface area contributed by atoms with E-state index < -0.39 is 0 Å². The Balaban J connectivity index is 1.97. The van der Waals surface area contributed by atoms with Gasteiger partial charge < -0.3 is 14.8 Å². The quantitative estimate of drug-likeness (QED) is 0.844. The molecule has 0 aromatic heterocycles. The summed E-state index contributed by atoms with van der Waals surface area (Å²) in [6, 6.07) is 14.0. The first-order valence-electron chi connectivity index (χ1n) is 6.52. The molecule has 2 aromatic rings. The predicted molar refractivity (Wildman–Crippen MR) is 85.6 cm³/mol. The van der Waals surface area contributed by atoms with E-state index in [9.17, 15) is 0 Å². The lowest BCUT2D eigenvalue weighted by atomic mass is 10.2. The molecule has 0 bridgehead atoms. The Hall–Kier alpha value is -1.68. The highest BCUT2D eigenvalue weighted by Crippen LogP contribution is 2.26. The van der Waals surface area contributed by atoms with Gasteiger partial charge in [0.25, 0.3) is 0 Å². The average molecular weight is 336 g/mol. The second-order valence-electron chi connectivity index (χ2n) is 4.28. The molecule has 2 aromatic carbocycles. The van der Waals surface area contributed by atoms with E-state index in [0.29, 0.717) is 6.61 Å². The Morgan fingerprint density at radius 1 is 1.10 bits per heavy atom. The maximum Gasteiger partial charge on any atom is 0.133 e. The van der Waals surface area contributed by atoms with E-state index in [1.807, 2.05) is 37.3 Å². The number of methoxy groups -OCH3 is 1. The van der Waals surface area contributed by atoms with Crippen molar-refractivity contribution in [3.8, 4) is 11.5 Å². The zero-order valence-electron chi connectivity index (χ0n) is 11.7. The van der Waals surface area contributed by atoms with Gasteiger partial charge in [0.2, 0.25) is 0 Å². The summed E-state index contributed by atoms with van der Waals surface area (Å²) in [4.78, 5) is 0. The van der Waals surface area contributed by atoms with Gasteiger partial charge in [0.05, 0.1) is 18.2 Å². The van der Waals surface area contributed by atoms with Gasteiger partial charge in [-0.05, 0) is 64.8 Å². The van der Waals surface area contributed by atoms with Crippen LogP contribution in [-0.4, -0.2) is 13.7 Å². The largest absolute Gasteiger partial charge is 0.497 e. The van der Waals surface area contributed by atoms with Crippen LogP contribution >= 0.6 is 15.9 Å². The molecule has 0 saturated carbocycles. The second-order valence-corrected chi connectivity index (χ2v) is 5.13. The molecule has 0 radical (unpaired) electrons. The van der Waals surface area contributed by atoms with E-state index in [-0.39, 0.29) is 0 Å². The first-order valence-corrected chi connectivity index (χ1v) is 7.31. The topological polar surface area (TPSA) is 30.5 Å². The Bertz CT molecular complexity index is 555. The molecule has 0 heterocycles. The number of ether oxygens (including phenoxy) is 2. The average Bonchev–Trinajstić information content (AvgIpc) is 2.48. The van der Waals surface area contributed by atoms with Gasteiger partial charge in [0, 0.05) is 12.2 Å². The van der Waals surface area contributed by atoms with Gasteiger partial charge in [-0.15, -0.1) is 0 Å². The summed E-state index contributed by atoms with van der Waals surface area (Å²) in [6.45, 7) is 3.41. The molecule has 4 heteroatoms. The molecule has 0 spiro atoms. The molecule has 0 fully saturated rings. The van der Waals surface area contributed by atoms with Crippen molar-refractivity contribution in [2.24, 2.45) is 0 Å². The third kappa shape index (κ3) is 3.90. The van der Waals surface area contributed by atoms with Gasteiger partial charge in [-0.2, -0.15) is 0 Å². The monoisotopic (exact) mass is 335 g/mol. The lowest BCUT2D eigenvalue weighted by Gasteiger charge is -2.10. The molecule has 106 valence electrons. The van der Waals surface area contributed by atoms with Crippen LogP contribution in [0.4, 0.5) is 5.69 Å². The molecule has 0 aliphatic rings. The fourth-order valence-corrected chi connectivity index (χ4v) is 2.38. The molecule has 0 atom stereocenters. The Morgan fingerprint density at radius 3 is 2.45 bits per heavy atom. The van der Waals surface area contributed by atoms with E-state index in [1.54, 1.807) is 7.11 Å². The zero-order chi connectivity index (χ0) is 14.4. The summed E-state index contributed by atoms with van der Waals surface area (Å²) in [5.41, 5.74) is 2.26. The van der Waals surface area contributed by atoms with Crippen molar-refractivity contribution < 1.29 is 9.47 Å². The van der Waals surface area contributed by atoms with Gasteiger partial charge >= 0.3 is 0 Å². The summed E-state index contributed by atoms with van der Waals surface area (Å²) < 4.78 is 11.6. The fraction of sp³-hybridized carbons (Fsp3) is 0.250. The number of halogens is 1. The van der Waals surface area contributed by atoms with Crippen molar-refractivity contribution in [3.05, 3.63) is 52.5 Å². The van der Waals surface area contributed by atoms with Gasteiger partial charge in [0.1, 0.15) is 11.5 Å². The van der Waals surface area contributed by atoms with E-state index in [4.69, 9.17) is 9.47 Å². The maximum atomic E-state index is 5.50. The number of rotatable bonds is 6. The van der Waals surface area contributed by atoms with Crippen molar-refractivity contribution in [2.45, 2.75) is 13.5 Å². The van der Waals surface area contributed by atoms with Crippen LogP contribution in [-0.2, 0) is 6.54 Å². The minimum Gasteiger partial charge on any atom is -0.497 e. The number of anilines is 1. The maximum absolute atomic E-state index is 5.50. The van der Waals surface area contributed by atoms with E-state index in [2.05, 4.69) is 33.4 Å². The first-order chi connectivity index (χ1) is 9.72. The molecule has 0 saturated heterocycles. The molecular formula is C16H18BrNO2. The lowest BCUT2D eigenvalue weighted by Crippen LogP contribution is -2.00. The van der Waals surface area contributed by atoms with Crippen molar-refractivity contribution in [1.29, 1.82) is 0 Å². The van der Waals surface area contributed by atoms with E-state index >= 15 is 0 Å². The molecular weight excluding hydrogens is 318 g/mol. The molecule has 0 unspecified atom stereocenters. The van der Waals surface area contributed by atoms with Crippen LogP contribution in [0.3, 0.4) is 0 Å². The highest BCUT2D eigenvalue weighted by molar-refractivity contribution is 9.10. The summed E-state index contributed by atoms with van der Waals surface area (Å²) >= 11 is 3.52. The summed E-state index contributed by atoms with van der Waals surface area (Å²) in [5, 5.41) is 3.37. The number of hydrogen-bond donors (Lipinski definition) is 1. The van der Waals surface area contributed by atoms with Gasteiger partial charge in [-0.1, -0.05) is 6.07 Å². The fourth-order valence-electron chi connectivity index (χ4n) is 1.84. The standard InChI is InChI=1S/C16H18BrNO2/c1-3-20-16-9-4-12(10-15(16)17)11-18-13-5-7-14(19-2)8-6-13/h4-10,18H,3,11H2,1-2H3. The molecule has 0 amide bonds. The zero-order valence-corrected chi connectivity index (χ0v) is 13.2. The number of benzene rings is 2. The lowest BCUT2D eigenvalue weighted by molar-refractivity contribution is 0.338. The highest BCUT2D eigenvalue weighted by Gasteiger charge is 2.02. The SMILES string of the molecule is CCOc1ccc(CNc2ccc(OC)cc2)cc1Br. The normalized spacial score (nSPS) is 10.2. The van der Waals surface area contributed by atoms with Gasteiger partial charge in [0.15, 0.2) is 0 Å². The third-order valence-electron chi connectivity index (χ3n) is 2.88. The van der Waals surface area contributed by atoms with Crippen LogP contribution in [0, 0.1) is 0 Å². The number of hydrogen-bond acceptors (Lipinski definition) is 3. The van der Waals surface area contributed by atoms with Crippen LogP contribution in [0.5, 0.6) is 11.5 Å². The number of nitrogens with one attached hydrogen (secondary N) is 1. The van der Waals surface area contributed by atoms with Crippen LogP contribution in [0.1, 0.15) is 12.5 Å². The predicted octanol–water partition coefficient (Wildman–Crippen LogP) is 4.47. The highest BCUT2D eigenvalue weighted by atomic mass is 79.9. The van der Waals surface area contributed by atoms with Crippen molar-refractivity contribution in [1.82, 2.24) is 0 Å². The molecule has 2 rings (SSSR count). The van der Waals surface area contributed by atoms with Crippen molar-refractivity contribution >= 4 is 21.6 Å². The minimum absolute atomic E-state index is 0.669. The Labute approximate surface area is 128 Å². The van der Waals surface area contributed by atoms with E-state index in [0.717, 1.165) is 28.2 Å². The summed E-state index contributed by atoms with van der Waals surface area (Å²) in [7, 11) is 1.67. The Morgan fingerprint density at radius 2 is 1.85 bits per heavy atom. The van der Waals surface area contributed by atoms with E-state index in [1.165, 1.54) is 5.56 Å². The van der Waals surface area contributed by atoms with Gasteiger partial charge in [-0.25, -0.2) is 0 Å². The molecule has 1 N–H and O–H groups in total. The molecule has 0 aliphatic carbocycles. The molecule has 20 heavy (non-hydrogen) atoms. The van der Waals surface area contributed by atoms with Crippen LogP contribution in [0.15, 0.2) is 46.9 Å². The third-order valence-corrected chi connectivity index (χ3v) is 3.50. The van der Waals surface area contributed by atoms with Gasteiger partial charge in [-0.3, -0.25) is 0 Å².